The summed E-state index contributed by atoms with van der Waals surface area (Å²) >= 11 is 1.53. The summed E-state index contributed by atoms with van der Waals surface area (Å²) in [6, 6.07) is 14.0. The van der Waals surface area contributed by atoms with E-state index in [0.717, 1.165) is 52.8 Å². The molecule has 154 valence electrons. The quantitative estimate of drug-likeness (QED) is 0.428. The molecule has 1 fully saturated rings. The Morgan fingerprint density at radius 1 is 1.30 bits per heavy atom. The van der Waals surface area contributed by atoms with Crippen molar-refractivity contribution in [3.8, 4) is 10.9 Å². The molecule has 5 rings (SSSR count). The molecule has 0 saturated carbocycles. The first-order valence-electron chi connectivity index (χ1n) is 9.89. The molecule has 0 spiro atoms. The Bertz CT molecular complexity index is 1170. The van der Waals surface area contributed by atoms with Gasteiger partial charge in [0.05, 0.1) is 10.2 Å². The van der Waals surface area contributed by atoms with E-state index in [1.165, 1.54) is 16.9 Å². The average Bonchev–Trinajstić information content (AvgIpc) is 3.31. The Morgan fingerprint density at radius 3 is 3.07 bits per heavy atom. The van der Waals surface area contributed by atoms with Gasteiger partial charge in [-0.25, -0.2) is 9.78 Å². The highest BCUT2D eigenvalue weighted by molar-refractivity contribution is 7.20. The van der Waals surface area contributed by atoms with E-state index in [1.807, 2.05) is 42.6 Å². The molecule has 1 aliphatic heterocycles. The van der Waals surface area contributed by atoms with Crippen LogP contribution in [0.2, 0.25) is 0 Å². The van der Waals surface area contributed by atoms with E-state index in [4.69, 9.17) is 14.6 Å². The first-order chi connectivity index (χ1) is 14.6. The third-order valence-corrected chi connectivity index (χ3v) is 6.26. The predicted octanol–water partition coefficient (Wildman–Crippen LogP) is 5.23. The van der Waals surface area contributed by atoms with Gasteiger partial charge in [0.1, 0.15) is 11.9 Å². The molecule has 1 unspecified atom stereocenters. The maximum atomic E-state index is 10.8. The second-order valence-corrected chi connectivity index (χ2v) is 8.45. The van der Waals surface area contributed by atoms with E-state index in [1.54, 1.807) is 0 Å². The number of ether oxygens (including phenoxy) is 2. The monoisotopic (exact) mass is 423 g/mol. The van der Waals surface area contributed by atoms with Crippen molar-refractivity contribution >= 4 is 38.6 Å². The summed E-state index contributed by atoms with van der Waals surface area (Å²) in [6.07, 6.45) is 2.27. The lowest BCUT2D eigenvalue weighted by Gasteiger charge is -2.31. The number of likely N-dealkylation sites (tertiary alicyclic amines) is 1. The molecule has 2 aromatic heterocycles. The van der Waals surface area contributed by atoms with Gasteiger partial charge in [0.25, 0.3) is 5.19 Å². The van der Waals surface area contributed by atoms with Crippen LogP contribution in [0.5, 0.6) is 10.9 Å². The van der Waals surface area contributed by atoms with Crippen LogP contribution < -0.4 is 4.74 Å². The van der Waals surface area contributed by atoms with Gasteiger partial charge in [-0.2, -0.15) is 0 Å². The zero-order valence-electron chi connectivity index (χ0n) is 16.2. The van der Waals surface area contributed by atoms with Crippen LogP contribution in [0.25, 0.3) is 21.1 Å². The van der Waals surface area contributed by atoms with Crippen LogP contribution in [0, 0.1) is 0 Å². The molecular formula is C22H21N3O4S. The van der Waals surface area contributed by atoms with Gasteiger partial charge in [-0.05, 0) is 49.2 Å². The fraction of sp³-hybridized carbons (Fsp3) is 0.273. The maximum Gasteiger partial charge on any atom is 0.506 e. The first-order valence-corrected chi connectivity index (χ1v) is 10.7. The Morgan fingerprint density at radius 2 is 2.20 bits per heavy atom. The number of piperidine rings is 1. The lowest BCUT2D eigenvalue weighted by molar-refractivity contribution is 0.0118. The smallest absolute Gasteiger partial charge is 0.450 e. The van der Waals surface area contributed by atoms with E-state index >= 15 is 0 Å². The molecule has 4 aromatic rings. The van der Waals surface area contributed by atoms with Crippen molar-refractivity contribution in [2.45, 2.75) is 25.5 Å². The Hall–Kier alpha value is -3.10. The molecule has 0 aliphatic carbocycles. The molecule has 1 aliphatic rings. The van der Waals surface area contributed by atoms with Crippen molar-refractivity contribution in [1.82, 2.24) is 14.9 Å². The standard InChI is InChI=1S/C22H21N3O4S/c26-22(27)29-16-4-3-9-25(13-16)12-14-11-23-19-10-15(7-8-17(14)19)28-21-24-18-5-1-2-6-20(18)30-21/h1-2,5-8,10-11,16,23H,3-4,9,12-13H2,(H,26,27). The van der Waals surface area contributed by atoms with Gasteiger partial charge in [0.15, 0.2) is 0 Å². The van der Waals surface area contributed by atoms with Crippen LogP contribution in [-0.2, 0) is 11.3 Å². The third kappa shape index (κ3) is 3.96. The minimum Gasteiger partial charge on any atom is -0.450 e. The van der Waals surface area contributed by atoms with E-state index in [2.05, 4.69) is 20.9 Å². The Labute approximate surface area is 176 Å². The lowest BCUT2D eigenvalue weighted by atomic mass is 10.1. The number of hydrogen-bond donors (Lipinski definition) is 2. The van der Waals surface area contributed by atoms with Crippen LogP contribution in [0.15, 0.2) is 48.7 Å². The molecule has 2 N–H and O–H groups in total. The minimum absolute atomic E-state index is 0.254. The summed E-state index contributed by atoms with van der Waals surface area (Å²) in [4.78, 5) is 20.9. The lowest BCUT2D eigenvalue weighted by Crippen LogP contribution is -2.39. The molecule has 8 heteroatoms. The van der Waals surface area contributed by atoms with Crippen LogP contribution in [-0.4, -0.2) is 45.3 Å². The number of carboxylic acid groups (broad SMARTS) is 1. The summed E-state index contributed by atoms with van der Waals surface area (Å²) in [6.45, 7) is 2.31. The fourth-order valence-corrected chi connectivity index (χ4v) is 4.83. The van der Waals surface area contributed by atoms with Gasteiger partial charge in [-0.3, -0.25) is 4.90 Å². The summed E-state index contributed by atoms with van der Waals surface area (Å²) in [5, 5.41) is 10.6. The normalized spacial score (nSPS) is 17.4. The number of H-pyrrole nitrogens is 1. The maximum absolute atomic E-state index is 10.8. The minimum atomic E-state index is -1.20. The molecule has 0 bridgehead atoms. The van der Waals surface area contributed by atoms with Crippen LogP contribution >= 0.6 is 11.3 Å². The number of aromatic amines is 1. The first kappa shape index (κ1) is 18.9. The zero-order chi connectivity index (χ0) is 20.5. The van der Waals surface area contributed by atoms with Gasteiger partial charge >= 0.3 is 6.16 Å². The highest BCUT2D eigenvalue weighted by Crippen LogP contribution is 2.33. The second-order valence-electron chi connectivity index (χ2n) is 7.45. The van der Waals surface area contributed by atoms with Gasteiger partial charge in [0.2, 0.25) is 0 Å². The highest BCUT2D eigenvalue weighted by atomic mass is 32.1. The zero-order valence-corrected chi connectivity index (χ0v) is 17.0. The molecule has 0 amide bonds. The SMILES string of the molecule is O=C(O)OC1CCCN(Cc2c[nH]c3cc(Oc4nc5ccccc5s4)ccc23)C1. The summed E-state index contributed by atoms with van der Waals surface area (Å²) in [5.74, 6) is 0.739. The number of fused-ring (bicyclic) bond motifs is 2. The molecule has 2 aromatic carbocycles. The highest BCUT2D eigenvalue weighted by Gasteiger charge is 2.23. The predicted molar refractivity (Wildman–Crippen MR) is 115 cm³/mol. The van der Waals surface area contributed by atoms with E-state index < -0.39 is 6.16 Å². The molecule has 1 saturated heterocycles. The van der Waals surface area contributed by atoms with E-state index in [-0.39, 0.29) is 6.10 Å². The number of thiazole rings is 1. The number of benzene rings is 2. The van der Waals surface area contributed by atoms with Crippen LogP contribution in [0.4, 0.5) is 4.79 Å². The van der Waals surface area contributed by atoms with Gasteiger partial charge in [-0.15, -0.1) is 0 Å². The summed E-state index contributed by atoms with van der Waals surface area (Å²) in [5.41, 5.74) is 3.11. The topological polar surface area (TPSA) is 87.7 Å². The van der Waals surface area contributed by atoms with Crippen molar-refractivity contribution in [1.29, 1.82) is 0 Å². The van der Waals surface area contributed by atoms with Crippen molar-refractivity contribution in [2.24, 2.45) is 0 Å². The third-order valence-electron chi connectivity index (χ3n) is 5.34. The molecule has 30 heavy (non-hydrogen) atoms. The van der Waals surface area contributed by atoms with Crippen molar-refractivity contribution in [3.63, 3.8) is 0 Å². The number of para-hydroxylation sites is 1. The van der Waals surface area contributed by atoms with E-state index in [9.17, 15) is 4.79 Å². The molecule has 3 heterocycles. The summed E-state index contributed by atoms with van der Waals surface area (Å²) < 4.78 is 12.1. The number of hydrogen-bond acceptors (Lipinski definition) is 6. The van der Waals surface area contributed by atoms with Crippen LogP contribution in [0.1, 0.15) is 18.4 Å². The van der Waals surface area contributed by atoms with Gasteiger partial charge in [-0.1, -0.05) is 23.5 Å². The summed E-state index contributed by atoms with van der Waals surface area (Å²) in [7, 11) is 0. The second kappa shape index (κ2) is 7.97. The molecule has 1 atom stereocenters. The molecule has 7 nitrogen and oxygen atoms in total. The molecule has 0 radical (unpaired) electrons. The largest absolute Gasteiger partial charge is 0.506 e. The van der Waals surface area contributed by atoms with Crippen LogP contribution in [0.3, 0.4) is 0 Å². The average molecular weight is 423 g/mol. The molecular weight excluding hydrogens is 402 g/mol. The van der Waals surface area contributed by atoms with Gasteiger partial charge in [0, 0.05) is 36.3 Å². The number of aromatic nitrogens is 2. The van der Waals surface area contributed by atoms with E-state index in [0.29, 0.717) is 11.7 Å². The number of carbonyl (C=O) groups is 1. The Kier molecular flexibility index (Phi) is 5.02. The Balaban J connectivity index is 1.30. The van der Waals surface area contributed by atoms with Crippen molar-refractivity contribution in [2.75, 3.05) is 13.1 Å². The van der Waals surface area contributed by atoms with Gasteiger partial charge < -0.3 is 19.6 Å². The van der Waals surface area contributed by atoms with Crippen molar-refractivity contribution < 1.29 is 19.4 Å². The number of rotatable bonds is 5. The fourth-order valence-electron chi connectivity index (χ4n) is 3.99. The number of nitrogens with zero attached hydrogens (tertiary/aromatic N) is 2. The van der Waals surface area contributed by atoms with Crippen molar-refractivity contribution in [3.05, 3.63) is 54.2 Å². The number of nitrogens with one attached hydrogen (secondary N) is 1.